The molecule has 4 heteroatoms. The summed E-state index contributed by atoms with van der Waals surface area (Å²) in [6.45, 7) is 4.61. The monoisotopic (exact) mass is 515 g/mol. The normalized spacial score (nSPS) is 13.4. The topological polar surface area (TPSA) is 51.8 Å². The van der Waals surface area contributed by atoms with Crippen molar-refractivity contribution in [2.24, 2.45) is 0 Å². The Labute approximate surface area is 232 Å². The molecule has 0 amide bonds. The van der Waals surface area contributed by atoms with E-state index in [1.54, 1.807) is 0 Å². The Hall–Kier alpha value is -5.09. The van der Waals surface area contributed by atoms with Crippen molar-refractivity contribution in [3.8, 4) is 45.1 Å². The molecule has 0 spiro atoms. The van der Waals surface area contributed by atoms with Gasteiger partial charge in [0.05, 0.1) is 22.4 Å². The second kappa shape index (κ2) is 8.45. The van der Waals surface area contributed by atoms with E-state index in [0.29, 0.717) is 5.89 Å². The zero-order valence-corrected chi connectivity index (χ0v) is 22.2. The third kappa shape index (κ3) is 3.43. The van der Waals surface area contributed by atoms with Crippen LogP contribution in [0, 0.1) is 0 Å². The molecule has 8 rings (SSSR count). The highest BCUT2D eigenvalue weighted by Gasteiger charge is 2.35. The highest BCUT2D eigenvalue weighted by atomic mass is 16.3. The molecule has 0 atom stereocenters. The van der Waals surface area contributed by atoms with E-state index in [1.165, 1.54) is 22.3 Å². The quantitative estimate of drug-likeness (QED) is 0.235. The molecule has 0 saturated carbocycles. The molecule has 2 aromatic heterocycles. The molecule has 4 nitrogen and oxygen atoms in total. The summed E-state index contributed by atoms with van der Waals surface area (Å²) in [7, 11) is 0. The molecule has 1 aliphatic carbocycles. The number of hydrogen-bond acceptors (Lipinski definition) is 4. The van der Waals surface area contributed by atoms with E-state index in [4.69, 9.17) is 19.4 Å². The van der Waals surface area contributed by atoms with Crippen LogP contribution in [0.1, 0.15) is 25.0 Å². The molecule has 0 saturated heterocycles. The first kappa shape index (κ1) is 22.9. The van der Waals surface area contributed by atoms with Gasteiger partial charge in [-0.05, 0) is 64.7 Å². The van der Waals surface area contributed by atoms with Crippen LogP contribution >= 0.6 is 0 Å². The maximum Gasteiger partial charge on any atom is 0.227 e. The van der Waals surface area contributed by atoms with Crippen molar-refractivity contribution in [2.75, 3.05) is 0 Å². The lowest BCUT2D eigenvalue weighted by Gasteiger charge is -2.22. The van der Waals surface area contributed by atoms with Gasteiger partial charge in [-0.1, -0.05) is 86.6 Å². The van der Waals surface area contributed by atoms with E-state index >= 15 is 0 Å². The van der Waals surface area contributed by atoms with Crippen molar-refractivity contribution in [2.45, 2.75) is 19.3 Å². The lowest BCUT2D eigenvalue weighted by atomic mass is 9.81. The van der Waals surface area contributed by atoms with E-state index in [0.717, 1.165) is 50.2 Å². The Balaban J connectivity index is 1.32. The van der Waals surface area contributed by atoms with Crippen molar-refractivity contribution in [3.05, 3.63) is 126 Å². The molecular formula is C36H25N3O. The number of benzene rings is 5. The second-order valence-electron chi connectivity index (χ2n) is 10.9. The molecule has 0 aliphatic heterocycles. The molecule has 0 bridgehead atoms. The molecule has 5 aromatic carbocycles. The van der Waals surface area contributed by atoms with Gasteiger partial charge in [-0.2, -0.15) is 0 Å². The van der Waals surface area contributed by atoms with Gasteiger partial charge < -0.3 is 4.42 Å². The summed E-state index contributed by atoms with van der Waals surface area (Å²) < 4.78 is 6.09. The lowest BCUT2D eigenvalue weighted by Crippen LogP contribution is -2.15. The second-order valence-corrected chi connectivity index (χ2v) is 10.9. The van der Waals surface area contributed by atoms with Gasteiger partial charge >= 0.3 is 0 Å². The maximum atomic E-state index is 6.09. The Morgan fingerprint density at radius 1 is 0.500 bits per heavy atom. The van der Waals surface area contributed by atoms with E-state index in [2.05, 4.69) is 68.4 Å². The molecular weight excluding hydrogens is 490 g/mol. The minimum Gasteiger partial charge on any atom is -0.436 e. The highest BCUT2D eigenvalue weighted by molar-refractivity contribution is 5.90. The molecule has 7 aromatic rings. The Kier molecular flexibility index (Phi) is 4.83. The number of nitrogens with zero attached hydrogens (tertiary/aromatic N) is 3. The Bertz CT molecular complexity index is 2070. The first-order valence-electron chi connectivity index (χ1n) is 13.5. The maximum absolute atomic E-state index is 6.09. The fourth-order valence-electron chi connectivity index (χ4n) is 6.05. The van der Waals surface area contributed by atoms with Gasteiger partial charge in [0.2, 0.25) is 5.89 Å². The summed E-state index contributed by atoms with van der Waals surface area (Å²) in [6, 6.07) is 39.6. The number of aromatic nitrogens is 3. The van der Waals surface area contributed by atoms with Gasteiger partial charge in [0.25, 0.3) is 0 Å². The summed E-state index contributed by atoms with van der Waals surface area (Å²) >= 11 is 0. The smallest absolute Gasteiger partial charge is 0.227 e. The van der Waals surface area contributed by atoms with E-state index < -0.39 is 0 Å². The van der Waals surface area contributed by atoms with Crippen molar-refractivity contribution < 1.29 is 4.42 Å². The summed E-state index contributed by atoms with van der Waals surface area (Å²) in [5, 5.41) is 0. The third-order valence-corrected chi connectivity index (χ3v) is 8.10. The van der Waals surface area contributed by atoms with Crippen molar-refractivity contribution in [1.82, 2.24) is 15.0 Å². The zero-order chi connectivity index (χ0) is 26.8. The molecule has 0 unspecified atom stereocenters. The summed E-state index contributed by atoms with van der Waals surface area (Å²) in [5.74, 6) is 0.593. The fraction of sp³-hybridized carbons (Fsp3) is 0.0833. The minimum absolute atomic E-state index is 0.0980. The number of oxazole rings is 1. The van der Waals surface area contributed by atoms with E-state index in [-0.39, 0.29) is 5.41 Å². The van der Waals surface area contributed by atoms with Gasteiger partial charge in [-0.25, -0.2) is 15.0 Å². The summed E-state index contributed by atoms with van der Waals surface area (Å²) in [6.07, 6.45) is 0. The zero-order valence-electron chi connectivity index (χ0n) is 22.2. The Morgan fingerprint density at radius 2 is 1.12 bits per heavy atom. The Morgan fingerprint density at radius 3 is 1.90 bits per heavy atom. The summed E-state index contributed by atoms with van der Waals surface area (Å²) in [4.78, 5) is 15.1. The highest BCUT2D eigenvalue weighted by Crippen LogP contribution is 2.49. The largest absolute Gasteiger partial charge is 0.436 e. The average molecular weight is 516 g/mol. The number of fused-ring (bicyclic) bond motifs is 5. The average Bonchev–Trinajstić information content (AvgIpc) is 3.53. The van der Waals surface area contributed by atoms with Crippen LogP contribution in [0.2, 0.25) is 0 Å². The van der Waals surface area contributed by atoms with Crippen molar-refractivity contribution in [1.29, 1.82) is 0 Å². The predicted octanol–water partition coefficient (Wildman–Crippen LogP) is 9.08. The lowest BCUT2D eigenvalue weighted by molar-refractivity contribution is 0.620. The molecule has 2 heterocycles. The predicted molar refractivity (Wildman–Crippen MR) is 161 cm³/mol. The number of para-hydroxylation sites is 4. The molecule has 190 valence electrons. The fourth-order valence-corrected chi connectivity index (χ4v) is 6.05. The molecule has 0 N–H and O–H groups in total. The minimum atomic E-state index is -0.0980. The van der Waals surface area contributed by atoms with Crippen LogP contribution in [-0.4, -0.2) is 15.0 Å². The first-order valence-corrected chi connectivity index (χ1v) is 13.5. The van der Waals surface area contributed by atoms with Gasteiger partial charge in [0, 0.05) is 22.1 Å². The van der Waals surface area contributed by atoms with Crippen LogP contribution in [-0.2, 0) is 5.41 Å². The third-order valence-electron chi connectivity index (χ3n) is 8.10. The molecule has 1 aliphatic rings. The van der Waals surface area contributed by atoms with Gasteiger partial charge in [0.1, 0.15) is 5.52 Å². The van der Waals surface area contributed by atoms with Crippen LogP contribution in [0.4, 0.5) is 0 Å². The molecule has 40 heavy (non-hydrogen) atoms. The van der Waals surface area contributed by atoms with Crippen LogP contribution in [0.25, 0.3) is 67.2 Å². The molecule has 0 fully saturated rings. The van der Waals surface area contributed by atoms with E-state index in [9.17, 15) is 0 Å². The standard InChI is InChI=1S/C36H25N3O/c1-36(2)27-13-4-3-12-25(27)26-19-18-23(21-28(26)36)34-33(37-29-14-5-6-15-30(29)38-34)22-10-9-11-24(20-22)35-39-31-16-7-8-17-32(31)40-35/h3-21H,1-2H3. The van der Waals surface area contributed by atoms with Gasteiger partial charge in [-0.15, -0.1) is 0 Å². The van der Waals surface area contributed by atoms with Gasteiger partial charge in [-0.3, -0.25) is 0 Å². The van der Waals surface area contributed by atoms with Gasteiger partial charge in [0.15, 0.2) is 5.58 Å². The van der Waals surface area contributed by atoms with E-state index in [1.807, 2.05) is 60.7 Å². The number of hydrogen-bond donors (Lipinski definition) is 0. The summed E-state index contributed by atoms with van der Waals surface area (Å²) in [5.41, 5.74) is 13.2. The van der Waals surface area contributed by atoms with Crippen LogP contribution in [0.5, 0.6) is 0 Å². The van der Waals surface area contributed by atoms with Crippen LogP contribution < -0.4 is 0 Å². The van der Waals surface area contributed by atoms with Crippen molar-refractivity contribution in [3.63, 3.8) is 0 Å². The van der Waals surface area contributed by atoms with Crippen molar-refractivity contribution >= 4 is 22.1 Å². The molecule has 0 radical (unpaired) electrons. The van der Waals surface area contributed by atoms with Crippen LogP contribution in [0.15, 0.2) is 120 Å². The van der Waals surface area contributed by atoms with Crippen LogP contribution in [0.3, 0.4) is 0 Å². The SMILES string of the molecule is CC1(C)c2ccccc2-c2ccc(-c3nc4ccccc4nc3-c3cccc(-c4nc5ccccc5o4)c3)cc21. The first-order chi connectivity index (χ1) is 19.6. The number of rotatable bonds is 3.